The highest BCUT2D eigenvalue weighted by Gasteiger charge is 2.59. The molecule has 3 aromatic carbocycles. The summed E-state index contributed by atoms with van der Waals surface area (Å²) in [5.41, 5.74) is 2.80. The first kappa shape index (κ1) is 21.5. The average molecular weight is 478 g/mol. The Kier molecular flexibility index (Phi) is 5.35. The molecular formula is C25H17ClFN3O2S. The van der Waals surface area contributed by atoms with Gasteiger partial charge in [0.1, 0.15) is 5.82 Å². The Morgan fingerprint density at radius 2 is 1.97 bits per heavy atom. The van der Waals surface area contributed by atoms with Crippen molar-refractivity contribution in [2.24, 2.45) is 0 Å². The van der Waals surface area contributed by atoms with E-state index < -0.39 is 16.6 Å². The summed E-state index contributed by atoms with van der Waals surface area (Å²) in [6, 6.07) is 19.9. The van der Waals surface area contributed by atoms with Gasteiger partial charge in [0.05, 0.1) is 23.9 Å². The van der Waals surface area contributed by atoms with E-state index in [9.17, 15) is 19.2 Å². The van der Waals surface area contributed by atoms with Gasteiger partial charge in [-0.1, -0.05) is 29.8 Å². The maximum atomic E-state index is 14.0. The van der Waals surface area contributed by atoms with Crippen LogP contribution in [-0.4, -0.2) is 29.0 Å². The van der Waals surface area contributed by atoms with Gasteiger partial charge in [-0.2, -0.15) is 5.26 Å². The molecule has 0 unspecified atom stereocenters. The minimum atomic E-state index is -1.28. The molecule has 1 atom stereocenters. The molecule has 5 rings (SSSR count). The van der Waals surface area contributed by atoms with Gasteiger partial charge < -0.3 is 9.80 Å². The van der Waals surface area contributed by atoms with E-state index in [1.54, 1.807) is 47.4 Å². The Bertz CT molecular complexity index is 1340. The van der Waals surface area contributed by atoms with Gasteiger partial charge in [0.25, 0.3) is 11.8 Å². The summed E-state index contributed by atoms with van der Waals surface area (Å²) in [5.74, 6) is -0.625. The minimum Gasteiger partial charge on any atom is -0.311 e. The topological polar surface area (TPSA) is 64.4 Å². The lowest BCUT2D eigenvalue weighted by Gasteiger charge is -2.33. The van der Waals surface area contributed by atoms with Crippen molar-refractivity contribution in [1.82, 2.24) is 4.90 Å². The summed E-state index contributed by atoms with van der Waals surface area (Å²) in [5, 5.41) is 9.69. The number of nitrogens with zero attached hydrogens (tertiary/aromatic N) is 3. The number of hydrogen-bond donors (Lipinski definition) is 0. The van der Waals surface area contributed by atoms with Crippen LogP contribution < -0.4 is 4.90 Å². The second-order valence-corrected chi connectivity index (χ2v) is 9.55. The third-order valence-electron chi connectivity index (χ3n) is 5.87. The van der Waals surface area contributed by atoms with Crippen molar-refractivity contribution < 1.29 is 14.0 Å². The summed E-state index contributed by atoms with van der Waals surface area (Å²) in [6.07, 6.45) is 0. The lowest BCUT2D eigenvalue weighted by atomic mass is 10.0. The van der Waals surface area contributed by atoms with Crippen LogP contribution in [0.2, 0.25) is 5.02 Å². The Morgan fingerprint density at radius 1 is 1.15 bits per heavy atom. The zero-order valence-electron chi connectivity index (χ0n) is 17.3. The van der Waals surface area contributed by atoms with Crippen LogP contribution in [0.1, 0.15) is 27.0 Å². The molecule has 2 heterocycles. The van der Waals surface area contributed by atoms with Gasteiger partial charge in [-0.3, -0.25) is 9.59 Å². The number of rotatable bonds is 3. The smallest absolute Gasteiger partial charge is 0.268 e. The van der Waals surface area contributed by atoms with Gasteiger partial charge in [0.2, 0.25) is 0 Å². The number of hydrogen-bond acceptors (Lipinski definition) is 4. The van der Waals surface area contributed by atoms with Crippen LogP contribution in [0.4, 0.5) is 10.1 Å². The largest absolute Gasteiger partial charge is 0.311 e. The lowest BCUT2D eigenvalue weighted by Crippen LogP contribution is -2.50. The molecule has 0 aliphatic carbocycles. The normalized spacial score (nSPS) is 19.1. The number of carbonyl (C=O) groups excluding carboxylic acids is 2. The van der Waals surface area contributed by atoms with Crippen LogP contribution in [0.5, 0.6) is 0 Å². The van der Waals surface area contributed by atoms with Crippen molar-refractivity contribution in [1.29, 1.82) is 5.26 Å². The predicted molar refractivity (Wildman–Crippen MR) is 125 cm³/mol. The Morgan fingerprint density at radius 3 is 2.76 bits per heavy atom. The van der Waals surface area contributed by atoms with Gasteiger partial charge in [-0.25, -0.2) is 4.39 Å². The molecule has 164 valence electrons. The van der Waals surface area contributed by atoms with E-state index >= 15 is 0 Å². The van der Waals surface area contributed by atoms with Crippen LogP contribution in [0, 0.1) is 17.1 Å². The lowest BCUT2D eigenvalue weighted by molar-refractivity contribution is -0.123. The summed E-state index contributed by atoms with van der Waals surface area (Å²) in [4.78, 5) is 29.3. The molecule has 1 fully saturated rings. The number of nitriles is 1. The monoisotopic (exact) mass is 477 g/mol. The molecule has 0 bridgehead atoms. The van der Waals surface area contributed by atoms with E-state index in [2.05, 4.69) is 6.07 Å². The molecule has 2 aliphatic rings. The van der Waals surface area contributed by atoms with Crippen molar-refractivity contribution in [3.8, 4) is 6.07 Å². The molecule has 5 nitrogen and oxygen atoms in total. The van der Waals surface area contributed by atoms with Crippen molar-refractivity contribution in [2.75, 3.05) is 17.2 Å². The summed E-state index contributed by atoms with van der Waals surface area (Å²) in [7, 11) is 0. The quantitative estimate of drug-likeness (QED) is 0.536. The second-order valence-electron chi connectivity index (χ2n) is 7.82. The Labute approximate surface area is 199 Å². The molecule has 33 heavy (non-hydrogen) atoms. The molecule has 2 aliphatic heterocycles. The number of amides is 2. The van der Waals surface area contributed by atoms with E-state index in [1.165, 1.54) is 34.9 Å². The Balaban J connectivity index is 1.60. The highest BCUT2D eigenvalue weighted by atomic mass is 35.5. The standard InChI is InChI=1S/C25H17ClFN3O2S/c26-19-7-8-22-21(13-19)25(24(32)29(22)15-17-4-1-3-16(11-17)14-28)30(9-10-33-25)23(31)18-5-2-6-20(27)12-18/h1-8,11-13H,9-10,15H2/t25-/m0/s1. The molecule has 0 aromatic heterocycles. The molecule has 8 heteroatoms. The van der Waals surface area contributed by atoms with Crippen LogP contribution in [0.15, 0.2) is 66.7 Å². The SMILES string of the molecule is N#Cc1cccc(CN2C(=O)[C@@]3(SCCN3C(=O)c3cccc(F)c3)c3cc(Cl)ccc32)c1. The van der Waals surface area contributed by atoms with Gasteiger partial charge in [0, 0.05) is 28.4 Å². The summed E-state index contributed by atoms with van der Waals surface area (Å²) >= 11 is 7.70. The van der Waals surface area contributed by atoms with E-state index in [4.69, 9.17) is 11.6 Å². The number of halogens is 2. The van der Waals surface area contributed by atoms with Crippen LogP contribution in [0.3, 0.4) is 0 Å². The number of carbonyl (C=O) groups is 2. The second kappa shape index (κ2) is 8.22. The van der Waals surface area contributed by atoms with Gasteiger partial charge in [-0.15, -0.1) is 11.8 Å². The minimum absolute atomic E-state index is 0.188. The van der Waals surface area contributed by atoms with Crippen molar-refractivity contribution in [3.05, 3.63) is 99.8 Å². The van der Waals surface area contributed by atoms with Crippen LogP contribution in [0.25, 0.3) is 0 Å². The number of benzene rings is 3. The summed E-state index contributed by atoms with van der Waals surface area (Å²) in [6.45, 7) is 0.586. The van der Waals surface area contributed by atoms with E-state index in [0.29, 0.717) is 34.1 Å². The fourth-order valence-electron chi connectivity index (χ4n) is 4.44. The molecule has 0 N–H and O–H groups in total. The van der Waals surface area contributed by atoms with Crippen LogP contribution in [-0.2, 0) is 16.2 Å². The number of anilines is 1. The molecular weight excluding hydrogens is 461 g/mol. The van der Waals surface area contributed by atoms with Gasteiger partial charge in [-0.05, 0) is 54.1 Å². The maximum Gasteiger partial charge on any atom is 0.268 e. The van der Waals surface area contributed by atoms with E-state index in [1.807, 2.05) is 6.07 Å². The molecule has 3 aromatic rings. The maximum absolute atomic E-state index is 14.0. The first-order chi connectivity index (χ1) is 15.9. The zero-order chi connectivity index (χ0) is 23.2. The summed E-state index contributed by atoms with van der Waals surface area (Å²) < 4.78 is 13.8. The molecule has 0 radical (unpaired) electrons. The highest BCUT2D eigenvalue weighted by Crippen LogP contribution is 2.55. The molecule has 0 saturated carbocycles. The van der Waals surface area contributed by atoms with Crippen molar-refractivity contribution >= 4 is 40.9 Å². The molecule has 2 amide bonds. The van der Waals surface area contributed by atoms with Gasteiger partial charge >= 0.3 is 0 Å². The number of fused-ring (bicyclic) bond motifs is 2. The first-order valence-electron chi connectivity index (χ1n) is 10.3. The van der Waals surface area contributed by atoms with E-state index in [-0.39, 0.29) is 18.0 Å². The van der Waals surface area contributed by atoms with Crippen molar-refractivity contribution in [3.63, 3.8) is 0 Å². The number of thioether (sulfide) groups is 1. The Hall–Kier alpha value is -3.34. The zero-order valence-corrected chi connectivity index (χ0v) is 18.9. The fourth-order valence-corrected chi connectivity index (χ4v) is 6.07. The van der Waals surface area contributed by atoms with Crippen LogP contribution >= 0.6 is 23.4 Å². The third kappa shape index (κ3) is 3.47. The van der Waals surface area contributed by atoms with Crippen molar-refractivity contribution in [2.45, 2.75) is 11.4 Å². The predicted octanol–water partition coefficient (Wildman–Crippen LogP) is 4.94. The average Bonchev–Trinajstić information content (AvgIpc) is 3.36. The first-order valence-corrected chi connectivity index (χ1v) is 11.6. The van der Waals surface area contributed by atoms with E-state index in [0.717, 1.165) is 5.56 Å². The fraction of sp³-hybridized carbons (Fsp3) is 0.160. The molecule has 1 saturated heterocycles. The van der Waals surface area contributed by atoms with Gasteiger partial charge in [0.15, 0.2) is 4.87 Å². The highest BCUT2D eigenvalue weighted by molar-refractivity contribution is 8.01. The third-order valence-corrected chi connectivity index (χ3v) is 7.52. The molecule has 1 spiro atoms.